The SMILES string of the molecule is O=C1C[C@@H]2O[C@H](CNC(=O)[C@@H]3CN(CCN3S(=O)(=O)c3cccc(F)c3)C(=O)[C@@H]3C[C@@H](CN3Cc3ccc(F)cc3)N1)[C@@H](O)[C@H]2O. The summed E-state index contributed by atoms with van der Waals surface area (Å²) in [4.78, 5) is 43.6. The Morgan fingerprint density at radius 1 is 0.913 bits per heavy atom. The average Bonchev–Trinajstić information content (AvgIpc) is 3.54. The maximum Gasteiger partial charge on any atom is 0.244 e. The summed E-state index contributed by atoms with van der Waals surface area (Å²) in [5.41, 5.74) is 0.725. The fraction of sp³-hybridized carbons (Fsp3) is 0.500. The van der Waals surface area contributed by atoms with Crippen LogP contribution in [-0.2, 0) is 35.7 Å². The quantitative estimate of drug-likeness (QED) is 0.319. The molecule has 4 saturated heterocycles. The van der Waals surface area contributed by atoms with Crippen LogP contribution in [-0.4, -0.2) is 126 Å². The van der Waals surface area contributed by atoms with Gasteiger partial charge in [-0.1, -0.05) is 18.2 Å². The third-order valence-corrected chi connectivity index (χ3v) is 10.9. The van der Waals surface area contributed by atoms with Gasteiger partial charge in [0.2, 0.25) is 27.7 Å². The molecule has 0 unspecified atom stereocenters. The number of benzene rings is 2. The average molecular weight is 664 g/mol. The van der Waals surface area contributed by atoms with Crippen molar-refractivity contribution in [2.24, 2.45) is 0 Å². The van der Waals surface area contributed by atoms with Crippen LogP contribution in [0.3, 0.4) is 0 Å². The number of likely N-dealkylation sites (tertiary alicyclic amines) is 1. The van der Waals surface area contributed by atoms with Crippen LogP contribution < -0.4 is 10.6 Å². The van der Waals surface area contributed by atoms with Gasteiger partial charge in [-0.15, -0.1) is 0 Å². The molecule has 248 valence electrons. The number of amides is 3. The monoisotopic (exact) mass is 663 g/mol. The number of hydrogen-bond donors (Lipinski definition) is 4. The smallest absolute Gasteiger partial charge is 0.244 e. The summed E-state index contributed by atoms with van der Waals surface area (Å²) in [5.74, 6) is -2.81. The third kappa shape index (κ3) is 6.50. The predicted octanol–water partition coefficient (Wildman–Crippen LogP) is -1.07. The highest BCUT2D eigenvalue weighted by molar-refractivity contribution is 7.89. The number of nitrogens with one attached hydrogen (secondary N) is 2. The number of hydrogen-bond acceptors (Lipinski definition) is 9. The van der Waals surface area contributed by atoms with Crippen LogP contribution in [0.5, 0.6) is 0 Å². The number of carbonyl (C=O) groups is 3. The third-order valence-electron chi connectivity index (χ3n) is 9.03. The minimum absolute atomic E-state index is 0.0621. The number of halogens is 2. The van der Waals surface area contributed by atoms with Gasteiger partial charge in [-0.25, -0.2) is 17.2 Å². The highest BCUT2D eigenvalue weighted by atomic mass is 32.2. The van der Waals surface area contributed by atoms with E-state index >= 15 is 0 Å². The van der Waals surface area contributed by atoms with E-state index in [0.717, 1.165) is 22.0 Å². The van der Waals surface area contributed by atoms with Crippen molar-refractivity contribution in [2.75, 3.05) is 32.7 Å². The molecule has 7 atom stereocenters. The second-order valence-corrected chi connectivity index (χ2v) is 14.0. The second kappa shape index (κ2) is 12.9. The molecule has 4 N–H and O–H groups in total. The van der Waals surface area contributed by atoms with Gasteiger partial charge in [0.1, 0.15) is 36.0 Å². The molecule has 2 aromatic rings. The fourth-order valence-electron chi connectivity index (χ4n) is 6.66. The highest BCUT2D eigenvalue weighted by Gasteiger charge is 2.48. The van der Waals surface area contributed by atoms with Crippen molar-refractivity contribution in [2.45, 2.75) is 66.8 Å². The molecule has 0 aromatic heterocycles. The van der Waals surface area contributed by atoms with E-state index in [9.17, 15) is 41.8 Å². The van der Waals surface area contributed by atoms with Crippen LogP contribution in [0.15, 0.2) is 53.4 Å². The molecule has 13 nitrogen and oxygen atoms in total. The van der Waals surface area contributed by atoms with Crippen LogP contribution in [0.2, 0.25) is 0 Å². The minimum Gasteiger partial charge on any atom is -0.388 e. The van der Waals surface area contributed by atoms with Gasteiger partial charge >= 0.3 is 0 Å². The highest BCUT2D eigenvalue weighted by Crippen LogP contribution is 2.29. The molecule has 3 amide bonds. The summed E-state index contributed by atoms with van der Waals surface area (Å²) in [6, 6.07) is 7.54. The van der Waals surface area contributed by atoms with Crippen molar-refractivity contribution in [1.82, 2.24) is 24.7 Å². The van der Waals surface area contributed by atoms with E-state index in [4.69, 9.17) is 4.74 Å². The normalized spacial score (nSPS) is 31.5. The van der Waals surface area contributed by atoms with Gasteiger partial charge in [-0.2, -0.15) is 4.31 Å². The first kappa shape index (κ1) is 32.4. The van der Waals surface area contributed by atoms with Crippen LogP contribution in [0.25, 0.3) is 0 Å². The zero-order valence-corrected chi connectivity index (χ0v) is 25.5. The molecule has 2 aromatic carbocycles. The molecule has 6 rings (SSSR count). The summed E-state index contributed by atoms with van der Waals surface area (Å²) in [6.45, 7) is -0.458. The molecule has 4 aliphatic rings. The van der Waals surface area contributed by atoms with Crippen LogP contribution >= 0.6 is 0 Å². The van der Waals surface area contributed by atoms with Gasteiger partial charge in [0.15, 0.2) is 0 Å². The number of aliphatic hydroxyl groups is 2. The van der Waals surface area contributed by atoms with E-state index in [1.807, 2.05) is 4.90 Å². The Balaban J connectivity index is 1.32. The van der Waals surface area contributed by atoms with E-state index in [1.54, 1.807) is 12.1 Å². The van der Waals surface area contributed by atoms with E-state index in [0.29, 0.717) is 0 Å². The zero-order valence-electron chi connectivity index (χ0n) is 24.7. The predicted molar refractivity (Wildman–Crippen MR) is 156 cm³/mol. The summed E-state index contributed by atoms with van der Waals surface area (Å²) in [7, 11) is -4.39. The first-order valence-corrected chi connectivity index (χ1v) is 16.5. The lowest BCUT2D eigenvalue weighted by Crippen LogP contribution is -2.63. The maximum atomic E-state index is 14.1. The molecule has 16 heteroatoms. The van der Waals surface area contributed by atoms with Crippen molar-refractivity contribution in [3.63, 3.8) is 0 Å². The van der Waals surface area contributed by atoms with Crippen molar-refractivity contribution in [3.05, 3.63) is 65.7 Å². The lowest BCUT2D eigenvalue weighted by atomic mass is 10.0. The number of ether oxygens (including phenoxy) is 1. The molecular formula is C30H35F2N5O8S. The molecular weight excluding hydrogens is 628 g/mol. The summed E-state index contributed by atoms with van der Waals surface area (Å²) >= 11 is 0. The Bertz CT molecular complexity index is 1600. The first-order chi connectivity index (χ1) is 21.9. The number of sulfonamides is 1. The Labute approximate surface area is 264 Å². The van der Waals surface area contributed by atoms with Gasteiger partial charge in [-0.3, -0.25) is 19.3 Å². The molecule has 46 heavy (non-hydrogen) atoms. The van der Waals surface area contributed by atoms with Crippen LogP contribution in [0.1, 0.15) is 18.4 Å². The van der Waals surface area contributed by atoms with E-state index in [-0.39, 0.29) is 62.9 Å². The lowest BCUT2D eigenvalue weighted by Gasteiger charge is -2.41. The molecule has 6 bridgehead atoms. The standard InChI is InChI=1S/C30H35F2N5O8S/c31-18-6-4-17(5-7-18)14-36-15-20-11-22(36)30(42)35-8-9-37(46(43,44)21-3-1-2-19(32)10-21)23(16-35)29(41)33-13-25-28(40)27(39)24(45-25)12-26(38)34-20/h1-7,10,20,22-25,27-28,39-40H,8-9,11-16H2,(H,33,41)(H,34,38)/t20-,22-,23-,24-,25+,27-,28+/m0/s1. The molecule has 4 heterocycles. The van der Waals surface area contributed by atoms with Crippen LogP contribution in [0, 0.1) is 11.6 Å². The Morgan fingerprint density at radius 2 is 1.65 bits per heavy atom. The van der Waals surface area contributed by atoms with E-state index in [2.05, 4.69) is 10.6 Å². The van der Waals surface area contributed by atoms with Crippen molar-refractivity contribution in [3.8, 4) is 0 Å². The van der Waals surface area contributed by atoms with Gasteiger partial charge in [0.25, 0.3) is 0 Å². The molecule has 0 spiro atoms. The topological polar surface area (TPSA) is 169 Å². The Morgan fingerprint density at radius 3 is 2.39 bits per heavy atom. The number of nitrogens with zero attached hydrogens (tertiary/aromatic N) is 3. The van der Waals surface area contributed by atoms with Crippen molar-refractivity contribution in [1.29, 1.82) is 0 Å². The largest absolute Gasteiger partial charge is 0.388 e. The lowest BCUT2D eigenvalue weighted by molar-refractivity contribution is -0.140. The summed E-state index contributed by atoms with van der Waals surface area (Å²) in [6.07, 6.45) is -5.12. The second-order valence-electron chi connectivity index (χ2n) is 12.1. The van der Waals surface area contributed by atoms with Gasteiger partial charge in [0.05, 0.1) is 23.5 Å². The number of aliphatic hydroxyl groups excluding tert-OH is 2. The van der Waals surface area contributed by atoms with Gasteiger partial charge in [-0.05, 0) is 42.3 Å². The molecule has 0 saturated carbocycles. The van der Waals surface area contributed by atoms with Gasteiger partial charge < -0.3 is 30.5 Å². The van der Waals surface area contributed by atoms with E-state index in [1.165, 1.54) is 29.2 Å². The molecule has 4 aliphatic heterocycles. The summed E-state index contributed by atoms with van der Waals surface area (Å²) < 4.78 is 61.7. The van der Waals surface area contributed by atoms with Crippen molar-refractivity contribution >= 4 is 27.7 Å². The van der Waals surface area contributed by atoms with Gasteiger partial charge in [0, 0.05) is 45.3 Å². The number of rotatable bonds is 4. The number of piperazine rings is 1. The molecule has 4 fully saturated rings. The summed E-state index contributed by atoms with van der Waals surface area (Å²) in [5, 5.41) is 26.7. The zero-order chi connectivity index (χ0) is 32.7. The number of carbonyl (C=O) groups excluding carboxylic acids is 3. The fourth-order valence-corrected chi connectivity index (χ4v) is 8.26. The molecule has 0 aliphatic carbocycles. The minimum atomic E-state index is -4.39. The van der Waals surface area contributed by atoms with Crippen molar-refractivity contribution < 1.29 is 46.5 Å². The number of fused-ring (bicyclic) bond motifs is 6. The Kier molecular flexibility index (Phi) is 9.11. The first-order valence-electron chi connectivity index (χ1n) is 15.0. The van der Waals surface area contributed by atoms with E-state index < -0.39 is 76.0 Å². The Hall–Kier alpha value is -3.54. The maximum absolute atomic E-state index is 14.1. The van der Waals surface area contributed by atoms with Crippen LogP contribution in [0.4, 0.5) is 8.78 Å². The molecule has 0 radical (unpaired) electrons.